The molecule has 82 valence electrons. The Bertz CT molecular complexity index is 310. The molecule has 2 nitrogen and oxygen atoms in total. The van der Waals surface area contributed by atoms with Crippen LogP contribution in [0.2, 0.25) is 0 Å². The van der Waals surface area contributed by atoms with Gasteiger partial charge in [-0.25, -0.2) is 0 Å². The van der Waals surface area contributed by atoms with E-state index in [4.69, 9.17) is 9.47 Å². The Labute approximate surface area is 98.7 Å². The predicted molar refractivity (Wildman–Crippen MR) is 63.6 cm³/mol. The van der Waals surface area contributed by atoms with Crippen molar-refractivity contribution in [3.8, 4) is 5.75 Å². The van der Waals surface area contributed by atoms with Gasteiger partial charge in [-0.15, -0.1) is 0 Å². The standard InChI is InChI=1S/C12H15BrO2/c1-14-10-4-2-9(3-5-10)12-7-6-11(8-13)15-12/h2-5,11-12H,6-8H2,1H3/t11-,12-/m1/s1. The average molecular weight is 271 g/mol. The summed E-state index contributed by atoms with van der Waals surface area (Å²) in [4.78, 5) is 0. The molecule has 1 aromatic carbocycles. The second kappa shape index (κ2) is 4.99. The van der Waals surface area contributed by atoms with E-state index in [1.165, 1.54) is 5.56 Å². The summed E-state index contributed by atoms with van der Waals surface area (Å²) in [5, 5.41) is 0.930. The van der Waals surface area contributed by atoms with Crippen LogP contribution in [0.4, 0.5) is 0 Å². The molecule has 0 bridgehead atoms. The lowest BCUT2D eigenvalue weighted by Gasteiger charge is -2.12. The first-order valence-corrected chi connectivity index (χ1v) is 6.31. The molecule has 1 fully saturated rings. The number of ether oxygens (including phenoxy) is 2. The highest BCUT2D eigenvalue weighted by Crippen LogP contribution is 2.33. The molecule has 1 aliphatic heterocycles. The van der Waals surface area contributed by atoms with Gasteiger partial charge in [-0.3, -0.25) is 0 Å². The Morgan fingerprint density at radius 2 is 2.07 bits per heavy atom. The van der Waals surface area contributed by atoms with Crippen molar-refractivity contribution in [3.05, 3.63) is 29.8 Å². The van der Waals surface area contributed by atoms with Crippen molar-refractivity contribution >= 4 is 15.9 Å². The Morgan fingerprint density at radius 3 is 2.60 bits per heavy atom. The summed E-state index contributed by atoms with van der Waals surface area (Å²) < 4.78 is 11.0. The van der Waals surface area contributed by atoms with Crippen molar-refractivity contribution in [1.82, 2.24) is 0 Å². The monoisotopic (exact) mass is 270 g/mol. The highest BCUT2D eigenvalue weighted by molar-refractivity contribution is 9.09. The van der Waals surface area contributed by atoms with Gasteiger partial charge in [0.2, 0.25) is 0 Å². The highest BCUT2D eigenvalue weighted by Gasteiger charge is 2.25. The zero-order valence-corrected chi connectivity index (χ0v) is 10.4. The van der Waals surface area contributed by atoms with Gasteiger partial charge in [-0.2, -0.15) is 0 Å². The molecule has 0 N–H and O–H groups in total. The van der Waals surface area contributed by atoms with Gasteiger partial charge in [0.25, 0.3) is 0 Å². The molecule has 0 aromatic heterocycles. The van der Waals surface area contributed by atoms with Gasteiger partial charge < -0.3 is 9.47 Å². The predicted octanol–water partition coefficient (Wildman–Crippen LogP) is 3.31. The fraction of sp³-hybridized carbons (Fsp3) is 0.500. The fourth-order valence-electron chi connectivity index (χ4n) is 1.88. The van der Waals surface area contributed by atoms with Crippen LogP contribution >= 0.6 is 15.9 Å². The number of rotatable bonds is 3. The molecule has 2 rings (SSSR count). The molecule has 0 spiro atoms. The average Bonchev–Trinajstić information content (AvgIpc) is 2.78. The molecule has 3 heteroatoms. The summed E-state index contributed by atoms with van der Waals surface area (Å²) in [6.45, 7) is 0. The van der Waals surface area contributed by atoms with E-state index in [0.29, 0.717) is 6.10 Å². The summed E-state index contributed by atoms with van der Waals surface area (Å²) in [7, 11) is 1.68. The lowest BCUT2D eigenvalue weighted by atomic mass is 10.1. The second-order valence-electron chi connectivity index (χ2n) is 3.75. The molecule has 1 aromatic rings. The lowest BCUT2D eigenvalue weighted by molar-refractivity contribution is 0.0588. The zero-order valence-electron chi connectivity index (χ0n) is 8.78. The third-order valence-electron chi connectivity index (χ3n) is 2.77. The van der Waals surface area contributed by atoms with Crippen molar-refractivity contribution in [2.45, 2.75) is 25.0 Å². The minimum absolute atomic E-state index is 0.262. The SMILES string of the molecule is COc1ccc([C@H]2CC[C@H](CBr)O2)cc1. The van der Waals surface area contributed by atoms with Crippen molar-refractivity contribution in [2.75, 3.05) is 12.4 Å². The van der Waals surface area contributed by atoms with Gasteiger partial charge in [0.15, 0.2) is 0 Å². The van der Waals surface area contributed by atoms with E-state index < -0.39 is 0 Å². The van der Waals surface area contributed by atoms with Crippen LogP contribution in [0.1, 0.15) is 24.5 Å². The van der Waals surface area contributed by atoms with Gasteiger partial charge in [0.05, 0.1) is 19.3 Å². The number of benzene rings is 1. The third-order valence-corrected chi connectivity index (χ3v) is 3.49. The molecule has 0 amide bonds. The van der Waals surface area contributed by atoms with E-state index >= 15 is 0 Å². The van der Waals surface area contributed by atoms with E-state index in [0.717, 1.165) is 23.9 Å². The first kappa shape index (κ1) is 11.0. The topological polar surface area (TPSA) is 18.5 Å². The minimum Gasteiger partial charge on any atom is -0.497 e. The zero-order chi connectivity index (χ0) is 10.7. The van der Waals surface area contributed by atoms with Gasteiger partial charge in [0, 0.05) is 5.33 Å². The number of halogens is 1. The largest absolute Gasteiger partial charge is 0.497 e. The Balaban J connectivity index is 2.04. The second-order valence-corrected chi connectivity index (χ2v) is 4.40. The van der Waals surface area contributed by atoms with Crippen LogP contribution in [-0.2, 0) is 4.74 Å². The van der Waals surface area contributed by atoms with Gasteiger partial charge in [-0.05, 0) is 30.5 Å². The van der Waals surface area contributed by atoms with E-state index in [-0.39, 0.29) is 6.10 Å². The Kier molecular flexibility index (Phi) is 3.65. The van der Waals surface area contributed by atoms with Crippen molar-refractivity contribution < 1.29 is 9.47 Å². The van der Waals surface area contributed by atoms with Crippen molar-refractivity contribution in [2.24, 2.45) is 0 Å². The maximum atomic E-state index is 5.88. The summed E-state index contributed by atoms with van der Waals surface area (Å²) in [6, 6.07) is 8.14. The third kappa shape index (κ3) is 2.52. The lowest BCUT2D eigenvalue weighted by Crippen LogP contribution is -2.07. The Morgan fingerprint density at radius 1 is 1.33 bits per heavy atom. The molecule has 0 saturated carbocycles. The van der Waals surface area contributed by atoms with Crippen molar-refractivity contribution in [3.63, 3.8) is 0 Å². The number of hydrogen-bond donors (Lipinski definition) is 0. The van der Waals surface area contributed by atoms with Crippen LogP contribution in [0.25, 0.3) is 0 Å². The van der Waals surface area contributed by atoms with Gasteiger partial charge in [-0.1, -0.05) is 28.1 Å². The van der Waals surface area contributed by atoms with Crippen LogP contribution in [0.15, 0.2) is 24.3 Å². The summed E-state index contributed by atoms with van der Waals surface area (Å²) in [5.74, 6) is 0.897. The summed E-state index contributed by atoms with van der Waals surface area (Å²) in [6.07, 6.45) is 2.89. The van der Waals surface area contributed by atoms with Crippen LogP contribution in [0, 0.1) is 0 Å². The maximum absolute atomic E-state index is 5.88. The molecule has 1 aliphatic rings. The van der Waals surface area contributed by atoms with Gasteiger partial charge >= 0.3 is 0 Å². The molecule has 1 saturated heterocycles. The molecule has 0 unspecified atom stereocenters. The molecular formula is C12H15BrO2. The molecule has 15 heavy (non-hydrogen) atoms. The van der Waals surface area contributed by atoms with E-state index in [1.807, 2.05) is 12.1 Å². The quantitative estimate of drug-likeness (QED) is 0.785. The van der Waals surface area contributed by atoms with Crippen LogP contribution < -0.4 is 4.74 Å². The van der Waals surface area contributed by atoms with Crippen molar-refractivity contribution in [1.29, 1.82) is 0 Å². The smallest absolute Gasteiger partial charge is 0.118 e. The van der Waals surface area contributed by atoms with E-state index in [1.54, 1.807) is 7.11 Å². The first-order valence-electron chi connectivity index (χ1n) is 5.19. The summed E-state index contributed by atoms with van der Waals surface area (Å²) >= 11 is 3.45. The van der Waals surface area contributed by atoms with E-state index in [2.05, 4.69) is 28.1 Å². The highest BCUT2D eigenvalue weighted by atomic mass is 79.9. The number of hydrogen-bond acceptors (Lipinski definition) is 2. The minimum atomic E-state index is 0.262. The van der Waals surface area contributed by atoms with Crippen LogP contribution in [-0.4, -0.2) is 18.5 Å². The fourth-order valence-corrected chi connectivity index (χ4v) is 2.36. The Hall–Kier alpha value is -0.540. The number of methoxy groups -OCH3 is 1. The molecule has 2 atom stereocenters. The molecule has 1 heterocycles. The first-order chi connectivity index (χ1) is 7.33. The molecule has 0 radical (unpaired) electrons. The van der Waals surface area contributed by atoms with Crippen LogP contribution in [0.5, 0.6) is 5.75 Å². The van der Waals surface area contributed by atoms with Gasteiger partial charge in [0.1, 0.15) is 5.75 Å². The molecule has 0 aliphatic carbocycles. The van der Waals surface area contributed by atoms with Crippen LogP contribution in [0.3, 0.4) is 0 Å². The van der Waals surface area contributed by atoms with E-state index in [9.17, 15) is 0 Å². The summed E-state index contributed by atoms with van der Waals surface area (Å²) in [5.41, 5.74) is 1.25. The molecular weight excluding hydrogens is 256 g/mol. The number of alkyl halides is 1. The maximum Gasteiger partial charge on any atom is 0.118 e. The normalized spacial score (nSPS) is 25.5.